The maximum Gasteiger partial charge on any atom is 0.149 e. The quantitative estimate of drug-likeness (QED) is 0.299. The minimum absolute atomic E-state index is 0.425. The topological polar surface area (TPSA) is 57.4 Å². The number of hydrogen-bond acceptors (Lipinski definition) is 2. The summed E-state index contributed by atoms with van der Waals surface area (Å²) in [5, 5.41) is 9.97. The molecule has 4 nitrogen and oxygen atoms in total. The molecule has 2 heterocycles. The van der Waals surface area contributed by atoms with Gasteiger partial charge in [-0.2, -0.15) is 5.26 Å². The second-order valence-corrected chi connectivity index (χ2v) is 12.2. The van der Waals surface area contributed by atoms with Crippen molar-refractivity contribution in [1.29, 1.82) is 5.26 Å². The monoisotopic (exact) mass is 486 g/mol. The number of benzene rings is 2. The summed E-state index contributed by atoms with van der Waals surface area (Å²) in [6.45, 7) is 6.35. The van der Waals surface area contributed by atoms with Gasteiger partial charge >= 0.3 is 0 Å². The molecule has 4 aliphatic carbocycles. The Bertz CT molecular complexity index is 1550. The lowest BCUT2D eigenvalue weighted by molar-refractivity contribution is -0.00518. The molecule has 0 unspecified atom stereocenters. The summed E-state index contributed by atoms with van der Waals surface area (Å²) in [5.74, 6) is 3.49. The number of aromatic amines is 1. The number of nitriles is 1. The number of H-pyrrole nitrogens is 1. The van der Waals surface area contributed by atoms with Crippen molar-refractivity contribution in [3.63, 3.8) is 0 Å². The van der Waals surface area contributed by atoms with Crippen molar-refractivity contribution in [1.82, 2.24) is 14.5 Å². The summed E-state index contributed by atoms with van der Waals surface area (Å²) >= 11 is 0. The van der Waals surface area contributed by atoms with E-state index in [1.54, 1.807) is 5.56 Å². The number of allylic oxidation sites excluding steroid dienone is 1. The summed E-state index contributed by atoms with van der Waals surface area (Å²) in [5.41, 5.74) is 10.1. The summed E-state index contributed by atoms with van der Waals surface area (Å²) in [6.07, 6.45) is 10.6. The van der Waals surface area contributed by atoms with Gasteiger partial charge in [-0.15, -0.1) is 0 Å². The zero-order chi connectivity index (χ0) is 25.3. The van der Waals surface area contributed by atoms with Crippen LogP contribution in [0.5, 0.6) is 0 Å². The molecule has 1 N–H and O–H groups in total. The molecule has 0 atom stereocenters. The number of nitrogens with zero attached hydrogens (tertiary/aromatic N) is 3. The molecular formula is C33H34N4. The van der Waals surface area contributed by atoms with Crippen molar-refractivity contribution in [3.05, 3.63) is 82.4 Å². The van der Waals surface area contributed by atoms with Crippen LogP contribution in [0.4, 0.5) is 0 Å². The molecule has 4 saturated carbocycles. The van der Waals surface area contributed by atoms with Gasteiger partial charge in [-0.05, 0) is 136 Å². The van der Waals surface area contributed by atoms with E-state index >= 15 is 0 Å². The highest BCUT2D eigenvalue weighted by molar-refractivity contribution is 5.91. The molecule has 4 aliphatic rings. The molecular weight excluding hydrogens is 452 g/mol. The second kappa shape index (κ2) is 8.21. The van der Waals surface area contributed by atoms with Crippen LogP contribution in [0.15, 0.2) is 48.5 Å². The zero-order valence-electron chi connectivity index (χ0n) is 22.0. The Morgan fingerprint density at radius 2 is 1.65 bits per heavy atom. The van der Waals surface area contributed by atoms with Crippen LogP contribution >= 0.6 is 0 Å². The second-order valence-electron chi connectivity index (χ2n) is 12.2. The zero-order valence-corrected chi connectivity index (χ0v) is 22.0. The molecule has 2 aromatic heterocycles. The van der Waals surface area contributed by atoms with Gasteiger partial charge in [-0.3, -0.25) is 0 Å². The first-order valence-corrected chi connectivity index (χ1v) is 13.8. The fourth-order valence-corrected chi connectivity index (χ4v) is 8.32. The van der Waals surface area contributed by atoms with Gasteiger partial charge in [0.2, 0.25) is 0 Å². The van der Waals surface area contributed by atoms with E-state index in [1.165, 1.54) is 55.5 Å². The lowest BCUT2D eigenvalue weighted by Crippen LogP contribution is -2.48. The molecule has 4 fully saturated rings. The van der Waals surface area contributed by atoms with E-state index < -0.39 is 0 Å². The molecule has 2 aromatic carbocycles. The lowest BCUT2D eigenvalue weighted by atomic mass is 9.48. The molecule has 0 saturated heterocycles. The van der Waals surface area contributed by atoms with Crippen LogP contribution < -0.4 is 0 Å². The third kappa shape index (κ3) is 3.67. The van der Waals surface area contributed by atoms with Crippen LogP contribution in [0, 0.1) is 49.9 Å². The van der Waals surface area contributed by atoms with Gasteiger partial charge in [0.25, 0.3) is 0 Å². The van der Waals surface area contributed by atoms with Gasteiger partial charge in [-0.25, -0.2) is 4.98 Å². The van der Waals surface area contributed by atoms with E-state index in [2.05, 4.69) is 77.8 Å². The van der Waals surface area contributed by atoms with E-state index in [1.807, 2.05) is 18.2 Å². The third-order valence-corrected chi connectivity index (χ3v) is 9.56. The van der Waals surface area contributed by atoms with Gasteiger partial charge in [0.15, 0.2) is 0 Å². The fourth-order valence-electron chi connectivity index (χ4n) is 8.32. The number of imidazole rings is 1. The van der Waals surface area contributed by atoms with Crippen molar-refractivity contribution >= 4 is 22.7 Å². The molecule has 186 valence electrons. The van der Waals surface area contributed by atoms with Crippen LogP contribution in [0.2, 0.25) is 0 Å². The van der Waals surface area contributed by atoms with Gasteiger partial charge in [0, 0.05) is 17.1 Å². The molecule has 8 rings (SSSR count). The number of aromatic nitrogens is 3. The number of rotatable bonds is 4. The maximum absolute atomic E-state index is 9.97. The number of fused-ring (bicyclic) bond motifs is 1. The molecule has 0 spiro atoms. The lowest BCUT2D eigenvalue weighted by Gasteiger charge is -2.57. The largest absolute Gasteiger partial charge is 0.337 e. The average Bonchev–Trinajstić information content (AvgIpc) is 3.41. The summed E-state index contributed by atoms with van der Waals surface area (Å²) in [4.78, 5) is 8.00. The predicted octanol–water partition coefficient (Wildman–Crippen LogP) is 7.81. The van der Waals surface area contributed by atoms with E-state index in [9.17, 15) is 5.26 Å². The fraction of sp³-hybridized carbons (Fsp3) is 0.394. The van der Waals surface area contributed by atoms with Gasteiger partial charge in [0.05, 0.1) is 16.6 Å². The standard InChI is InChI=1S/C33H34N4/c1-20-4-9-30-31(10-20)36-32(35-30)27(19-34)15-26-11-21(2)37(22(26)3)29-7-5-28(6-8-29)33-16-23-12-24(17-33)14-25(13-23)18-33/h4-11,15,23-25H,12-14,16-18H2,1-3H3,(H,35,36). The molecule has 37 heavy (non-hydrogen) atoms. The molecule has 0 aliphatic heterocycles. The Hall–Kier alpha value is -3.58. The smallest absolute Gasteiger partial charge is 0.149 e. The summed E-state index contributed by atoms with van der Waals surface area (Å²) in [7, 11) is 0. The first-order chi connectivity index (χ1) is 17.9. The van der Waals surface area contributed by atoms with Crippen molar-refractivity contribution in [2.45, 2.75) is 64.7 Å². The Morgan fingerprint density at radius 1 is 0.973 bits per heavy atom. The Balaban J connectivity index is 1.21. The van der Waals surface area contributed by atoms with Crippen LogP contribution in [-0.4, -0.2) is 14.5 Å². The number of hydrogen-bond donors (Lipinski definition) is 1. The first kappa shape index (κ1) is 22.6. The van der Waals surface area contributed by atoms with E-state index in [-0.39, 0.29) is 0 Å². The van der Waals surface area contributed by atoms with E-state index in [4.69, 9.17) is 0 Å². The molecule has 0 radical (unpaired) electrons. The Labute approximate surface area is 219 Å². The molecule has 0 amide bonds. The van der Waals surface area contributed by atoms with E-state index in [0.717, 1.165) is 40.0 Å². The van der Waals surface area contributed by atoms with Crippen molar-refractivity contribution < 1.29 is 0 Å². The number of aryl methyl sites for hydroxylation is 2. The summed E-state index contributed by atoms with van der Waals surface area (Å²) < 4.78 is 2.31. The normalized spacial score (nSPS) is 26.6. The minimum Gasteiger partial charge on any atom is -0.337 e. The predicted molar refractivity (Wildman–Crippen MR) is 149 cm³/mol. The Kier molecular flexibility index (Phi) is 5.02. The minimum atomic E-state index is 0.425. The van der Waals surface area contributed by atoms with E-state index in [0.29, 0.717) is 16.8 Å². The average molecular weight is 487 g/mol. The highest BCUT2D eigenvalue weighted by Crippen LogP contribution is 2.60. The van der Waals surface area contributed by atoms with Crippen molar-refractivity contribution in [2.24, 2.45) is 17.8 Å². The van der Waals surface area contributed by atoms with Crippen molar-refractivity contribution in [3.8, 4) is 11.8 Å². The van der Waals surface area contributed by atoms with Gasteiger partial charge in [0.1, 0.15) is 11.9 Å². The van der Waals surface area contributed by atoms with Gasteiger partial charge in [-0.1, -0.05) is 18.2 Å². The maximum atomic E-state index is 9.97. The Morgan fingerprint density at radius 3 is 2.30 bits per heavy atom. The van der Waals surface area contributed by atoms with Crippen LogP contribution in [-0.2, 0) is 5.41 Å². The number of nitrogens with one attached hydrogen (secondary N) is 1. The van der Waals surface area contributed by atoms with Crippen LogP contribution in [0.1, 0.15) is 72.4 Å². The molecule has 4 heteroatoms. The summed E-state index contributed by atoms with van der Waals surface area (Å²) in [6, 6.07) is 20.1. The first-order valence-electron chi connectivity index (χ1n) is 13.8. The van der Waals surface area contributed by atoms with Crippen molar-refractivity contribution in [2.75, 3.05) is 0 Å². The highest BCUT2D eigenvalue weighted by atomic mass is 15.0. The third-order valence-electron chi connectivity index (χ3n) is 9.56. The highest BCUT2D eigenvalue weighted by Gasteiger charge is 2.51. The van der Waals surface area contributed by atoms with Crippen LogP contribution in [0.25, 0.3) is 28.4 Å². The molecule has 4 aromatic rings. The van der Waals surface area contributed by atoms with Crippen LogP contribution in [0.3, 0.4) is 0 Å². The van der Waals surface area contributed by atoms with Gasteiger partial charge < -0.3 is 9.55 Å². The SMILES string of the molecule is Cc1ccc2nc(C(C#N)=Cc3cc(C)n(-c4ccc(C56CC7CC(CC(C7)C5)C6)cc4)c3C)[nH]c2c1. The molecule has 4 bridgehead atoms.